The Morgan fingerprint density at radius 2 is 1.79 bits per heavy atom. The molecular formula is C32H35NO4S. The SMILES string of the molecule is C#C[C@]1(O)CC[C@H]2[C@@H]3CCc4cc(OS(=O)(=O)c5cccc6c(N(C)C)cccc56)ccc4[C@H]3CC[C@@]21C. The van der Waals surface area contributed by atoms with Crippen LogP contribution in [0.25, 0.3) is 10.8 Å². The molecule has 2 saturated carbocycles. The van der Waals surface area contributed by atoms with Gasteiger partial charge in [0.25, 0.3) is 0 Å². The molecule has 2 fully saturated rings. The average molecular weight is 530 g/mol. The van der Waals surface area contributed by atoms with Gasteiger partial charge in [0.2, 0.25) is 0 Å². The molecule has 0 aromatic heterocycles. The number of fused-ring (bicyclic) bond motifs is 6. The van der Waals surface area contributed by atoms with Crippen molar-refractivity contribution in [3.8, 4) is 18.1 Å². The number of nitrogens with zero attached hydrogens (tertiary/aromatic N) is 1. The van der Waals surface area contributed by atoms with E-state index >= 15 is 0 Å². The van der Waals surface area contributed by atoms with Crippen molar-refractivity contribution in [1.29, 1.82) is 0 Å². The quantitative estimate of drug-likeness (QED) is 0.337. The fraction of sp³-hybridized carbons (Fsp3) is 0.438. The third kappa shape index (κ3) is 3.66. The van der Waals surface area contributed by atoms with Crippen molar-refractivity contribution in [1.82, 2.24) is 0 Å². The summed E-state index contributed by atoms with van der Waals surface area (Å²) in [5, 5.41) is 12.7. The van der Waals surface area contributed by atoms with Crippen LogP contribution >= 0.6 is 0 Å². The Labute approximate surface area is 225 Å². The normalized spacial score (nSPS) is 30.1. The molecule has 0 unspecified atom stereocenters. The number of anilines is 1. The Bertz CT molecular complexity index is 1570. The molecule has 6 heteroatoms. The third-order valence-corrected chi connectivity index (χ3v) is 11.2. The first kappa shape index (κ1) is 25.3. The molecule has 0 bridgehead atoms. The topological polar surface area (TPSA) is 66.8 Å². The third-order valence-electron chi connectivity index (χ3n) is 9.90. The number of hydrogen-bond acceptors (Lipinski definition) is 5. The lowest BCUT2D eigenvalue weighted by Gasteiger charge is -2.52. The van der Waals surface area contributed by atoms with Crippen molar-refractivity contribution >= 4 is 26.6 Å². The smallest absolute Gasteiger partial charge is 0.339 e. The van der Waals surface area contributed by atoms with Gasteiger partial charge in [0, 0.05) is 36.0 Å². The van der Waals surface area contributed by atoms with Gasteiger partial charge in [0.1, 0.15) is 16.2 Å². The first-order chi connectivity index (χ1) is 18.1. The monoisotopic (exact) mass is 529 g/mol. The van der Waals surface area contributed by atoms with Gasteiger partial charge in [-0.25, -0.2) is 0 Å². The molecule has 0 amide bonds. The lowest BCUT2D eigenvalue weighted by Crippen LogP contribution is -2.50. The summed E-state index contributed by atoms with van der Waals surface area (Å²) in [6, 6.07) is 16.8. The summed E-state index contributed by atoms with van der Waals surface area (Å²) >= 11 is 0. The maximum Gasteiger partial charge on any atom is 0.339 e. The first-order valence-electron chi connectivity index (χ1n) is 13.5. The number of aryl methyl sites for hydroxylation is 1. The van der Waals surface area contributed by atoms with Gasteiger partial charge in [-0.1, -0.05) is 43.2 Å². The number of terminal acetylenes is 1. The number of benzene rings is 3. The van der Waals surface area contributed by atoms with E-state index in [1.807, 2.05) is 49.3 Å². The second-order valence-electron chi connectivity index (χ2n) is 11.8. The second kappa shape index (κ2) is 8.76. The van der Waals surface area contributed by atoms with Crippen LogP contribution in [0.4, 0.5) is 5.69 Å². The predicted octanol–water partition coefficient (Wildman–Crippen LogP) is 5.89. The minimum atomic E-state index is -4.03. The molecule has 3 aliphatic rings. The maximum atomic E-state index is 13.5. The lowest BCUT2D eigenvalue weighted by molar-refractivity contribution is -0.0646. The molecule has 3 aromatic rings. The van der Waals surface area contributed by atoms with Crippen LogP contribution in [0.1, 0.15) is 56.1 Å². The Morgan fingerprint density at radius 1 is 1.03 bits per heavy atom. The Hall–Kier alpha value is -3.01. The van der Waals surface area contributed by atoms with Gasteiger partial charge in [-0.3, -0.25) is 0 Å². The molecule has 5 nitrogen and oxygen atoms in total. The van der Waals surface area contributed by atoms with Crippen LogP contribution in [0.5, 0.6) is 5.75 Å². The lowest BCUT2D eigenvalue weighted by atomic mass is 9.53. The summed E-state index contributed by atoms with van der Waals surface area (Å²) in [6.45, 7) is 2.19. The van der Waals surface area contributed by atoms with Crippen LogP contribution < -0.4 is 9.08 Å². The summed E-state index contributed by atoms with van der Waals surface area (Å²) in [7, 11) is -0.146. The molecule has 5 atom stereocenters. The molecule has 38 heavy (non-hydrogen) atoms. The van der Waals surface area contributed by atoms with Crippen LogP contribution in [0, 0.1) is 29.6 Å². The van der Waals surface area contributed by atoms with E-state index in [9.17, 15) is 13.5 Å². The van der Waals surface area contributed by atoms with Crippen LogP contribution in [-0.2, 0) is 16.5 Å². The highest BCUT2D eigenvalue weighted by Crippen LogP contribution is 2.64. The summed E-state index contributed by atoms with van der Waals surface area (Å²) < 4.78 is 32.7. The van der Waals surface area contributed by atoms with Gasteiger partial charge in [0.05, 0.1) is 0 Å². The molecular weight excluding hydrogens is 494 g/mol. The molecule has 0 spiro atoms. The van der Waals surface area contributed by atoms with Gasteiger partial charge in [-0.05, 0) is 91.7 Å². The van der Waals surface area contributed by atoms with E-state index in [2.05, 4.69) is 18.9 Å². The van der Waals surface area contributed by atoms with Crippen molar-refractivity contribution in [2.75, 3.05) is 19.0 Å². The molecule has 6 rings (SSSR count). The van der Waals surface area contributed by atoms with Crippen LogP contribution in [0.3, 0.4) is 0 Å². The van der Waals surface area contributed by atoms with Crippen molar-refractivity contribution in [2.45, 2.75) is 61.9 Å². The summed E-state index contributed by atoms with van der Waals surface area (Å²) in [5.74, 6) is 4.39. The maximum absolute atomic E-state index is 13.5. The zero-order valence-electron chi connectivity index (χ0n) is 22.3. The zero-order chi connectivity index (χ0) is 26.9. The first-order valence-corrected chi connectivity index (χ1v) is 15.0. The second-order valence-corrected chi connectivity index (χ2v) is 13.4. The Balaban J connectivity index is 1.29. The van der Waals surface area contributed by atoms with E-state index < -0.39 is 15.7 Å². The zero-order valence-corrected chi connectivity index (χ0v) is 23.1. The van der Waals surface area contributed by atoms with Gasteiger partial charge in [-0.2, -0.15) is 8.42 Å². The van der Waals surface area contributed by atoms with E-state index in [4.69, 9.17) is 10.6 Å². The van der Waals surface area contributed by atoms with Gasteiger partial charge in [-0.15, -0.1) is 6.42 Å². The number of hydrogen-bond donors (Lipinski definition) is 1. The highest BCUT2D eigenvalue weighted by atomic mass is 32.2. The highest BCUT2D eigenvalue weighted by molar-refractivity contribution is 7.87. The van der Waals surface area contributed by atoms with Crippen molar-refractivity contribution in [3.05, 3.63) is 65.7 Å². The fourth-order valence-electron chi connectivity index (χ4n) is 7.91. The standard InChI is InChI=1S/C32H35NO4S/c1-5-32(34)19-17-28-25-14-12-21-20-22(13-15-23(21)24(25)16-18-31(28,32)2)37-38(35,36)30-11-7-8-26-27(30)9-6-10-29(26)33(3)4/h1,6-11,13,15,20,24-25,28,34H,12,14,16-19H2,2-4H3/t24-,25-,28+,31+,32+/m1/s1. The van der Waals surface area contributed by atoms with Gasteiger partial charge in [0.15, 0.2) is 0 Å². The number of aliphatic hydroxyl groups is 1. The molecule has 198 valence electrons. The summed E-state index contributed by atoms with van der Waals surface area (Å²) in [4.78, 5) is 2.15. The van der Waals surface area contributed by atoms with E-state index in [1.54, 1.807) is 18.2 Å². The largest absolute Gasteiger partial charge is 0.379 e. The van der Waals surface area contributed by atoms with E-state index in [0.717, 1.165) is 43.2 Å². The average Bonchev–Trinajstić information content (AvgIpc) is 3.18. The van der Waals surface area contributed by atoms with Crippen LogP contribution in [0.15, 0.2) is 59.5 Å². The van der Waals surface area contributed by atoms with Crippen LogP contribution in [-0.4, -0.2) is 33.2 Å². The molecule has 1 N–H and O–H groups in total. The van der Waals surface area contributed by atoms with E-state index in [-0.39, 0.29) is 10.3 Å². The molecule has 0 radical (unpaired) electrons. The molecule has 0 saturated heterocycles. The van der Waals surface area contributed by atoms with E-state index in [0.29, 0.717) is 35.3 Å². The van der Waals surface area contributed by atoms with E-state index in [1.165, 1.54) is 11.1 Å². The van der Waals surface area contributed by atoms with Gasteiger partial charge >= 0.3 is 10.1 Å². The predicted molar refractivity (Wildman–Crippen MR) is 151 cm³/mol. The van der Waals surface area contributed by atoms with Crippen molar-refractivity contribution < 1.29 is 17.7 Å². The minimum Gasteiger partial charge on any atom is -0.379 e. The molecule has 3 aliphatic carbocycles. The number of rotatable bonds is 4. The Morgan fingerprint density at radius 3 is 2.55 bits per heavy atom. The molecule has 0 heterocycles. The van der Waals surface area contributed by atoms with Crippen molar-refractivity contribution in [3.63, 3.8) is 0 Å². The summed E-state index contributed by atoms with van der Waals surface area (Å²) in [6.07, 6.45) is 11.2. The summed E-state index contributed by atoms with van der Waals surface area (Å²) in [5.41, 5.74) is 2.17. The molecule has 3 aromatic carbocycles. The minimum absolute atomic E-state index is 0.172. The fourth-order valence-corrected chi connectivity index (χ4v) is 9.05. The molecule has 0 aliphatic heterocycles. The Kier molecular flexibility index (Phi) is 5.83. The van der Waals surface area contributed by atoms with Crippen LogP contribution in [0.2, 0.25) is 0 Å². The van der Waals surface area contributed by atoms with Gasteiger partial charge < -0.3 is 14.2 Å². The highest BCUT2D eigenvalue weighted by Gasteiger charge is 2.61. The van der Waals surface area contributed by atoms with Crippen molar-refractivity contribution in [2.24, 2.45) is 17.3 Å².